The van der Waals surface area contributed by atoms with Gasteiger partial charge in [-0.2, -0.15) is 0 Å². The SMILES string of the molecule is O=C1C2CC=CCC2C(=O)N1CCCCCN1CCc2ccccc2C1. The van der Waals surface area contributed by atoms with E-state index in [1.807, 2.05) is 12.2 Å². The predicted octanol–water partition coefficient (Wildman–Crippen LogP) is 3.17. The number of unbranched alkanes of at least 4 members (excludes halogenated alkanes) is 2. The number of carbonyl (C=O) groups excluding carboxylic acids is 2. The first-order chi connectivity index (χ1) is 12.7. The minimum Gasteiger partial charge on any atom is -0.299 e. The van der Waals surface area contributed by atoms with Gasteiger partial charge >= 0.3 is 0 Å². The van der Waals surface area contributed by atoms with Crippen molar-refractivity contribution in [2.75, 3.05) is 19.6 Å². The van der Waals surface area contributed by atoms with Crippen molar-refractivity contribution < 1.29 is 9.59 Å². The molecule has 1 aromatic rings. The van der Waals surface area contributed by atoms with E-state index in [4.69, 9.17) is 0 Å². The lowest BCUT2D eigenvalue weighted by Crippen LogP contribution is -2.33. The van der Waals surface area contributed by atoms with Crippen LogP contribution in [0.2, 0.25) is 0 Å². The van der Waals surface area contributed by atoms with Crippen LogP contribution in [0.15, 0.2) is 36.4 Å². The summed E-state index contributed by atoms with van der Waals surface area (Å²) in [6, 6.07) is 8.73. The van der Waals surface area contributed by atoms with Crippen LogP contribution in [0.3, 0.4) is 0 Å². The second-order valence-electron chi connectivity index (χ2n) is 7.84. The molecule has 0 aromatic heterocycles. The standard InChI is InChI=1S/C22H28N2O2/c25-21-19-10-4-5-11-20(19)22(26)24(21)14-7-1-6-13-23-15-12-17-8-2-3-9-18(17)16-23/h2-5,8-9,19-20H,1,6-7,10-16H2. The second kappa shape index (κ2) is 7.75. The summed E-state index contributed by atoms with van der Waals surface area (Å²) in [5, 5.41) is 0. The van der Waals surface area contributed by atoms with E-state index < -0.39 is 0 Å². The van der Waals surface area contributed by atoms with Gasteiger partial charge in [0.1, 0.15) is 0 Å². The van der Waals surface area contributed by atoms with Crippen molar-refractivity contribution in [2.24, 2.45) is 11.8 Å². The summed E-state index contributed by atoms with van der Waals surface area (Å²) in [4.78, 5) is 28.9. The Morgan fingerprint density at radius 1 is 0.846 bits per heavy atom. The molecule has 2 unspecified atom stereocenters. The highest BCUT2D eigenvalue weighted by molar-refractivity contribution is 6.05. The summed E-state index contributed by atoms with van der Waals surface area (Å²) < 4.78 is 0. The average molecular weight is 352 g/mol. The van der Waals surface area contributed by atoms with Crippen LogP contribution in [0, 0.1) is 11.8 Å². The third-order valence-corrected chi connectivity index (χ3v) is 6.16. The third kappa shape index (κ3) is 3.48. The van der Waals surface area contributed by atoms with Gasteiger partial charge in [-0.15, -0.1) is 0 Å². The highest BCUT2D eigenvalue weighted by Crippen LogP contribution is 2.35. The molecule has 1 aromatic carbocycles. The molecule has 1 fully saturated rings. The lowest BCUT2D eigenvalue weighted by molar-refractivity contribution is -0.139. The molecule has 1 saturated heterocycles. The van der Waals surface area contributed by atoms with Crippen molar-refractivity contribution >= 4 is 11.8 Å². The number of likely N-dealkylation sites (tertiary alicyclic amines) is 1. The molecule has 138 valence electrons. The third-order valence-electron chi connectivity index (χ3n) is 6.16. The number of allylic oxidation sites excluding steroid dienone is 2. The number of carbonyl (C=O) groups is 2. The molecule has 0 radical (unpaired) electrons. The molecule has 2 heterocycles. The van der Waals surface area contributed by atoms with E-state index >= 15 is 0 Å². The Morgan fingerprint density at radius 3 is 2.23 bits per heavy atom. The quantitative estimate of drug-likeness (QED) is 0.449. The van der Waals surface area contributed by atoms with Gasteiger partial charge in [-0.25, -0.2) is 0 Å². The molecule has 0 spiro atoms. The zero-order valence-electron chi connectivity index (χ0n) is 15.4. The number of fused-ring (bicyclic) bond motifs is 2. The molecule has 4 rings (SSSR count). The van der Waals surface area contributed by atoms with Gasteiger partial charge < -0.3 is 0 Å². The van der Waals surface area contributed by atoms with Gasteiger partial charge in [0, 0.05) is 19.6 Å². The molecular formula is C22H28N2O2. The Labute approximate surface area is 155 Å². The maximum Gasteiger partial charge on any atom is 0.233 e. The van der Waals surface area contributed by atoms with Gasteiger partial charge in [-0.3, -0.25) is 19.4 Å². The Morgan fingerprint density at radius 2 is 1.50 bits per heavy atom. The van der Waals surface area contributed by atoms with Gasteiger partial charge in [0.25, 0.3) is 0 Å². The first-order valence-electron chi connectivity index (χ1n) is 10.0. The Hall–Kier alpha value is -1.94. The molecule has 4 heteroatoms. The van der Waals surface area contributed by atoms with Crippen molar-refractivity contribution in [1.82, 2.24) is 9.80 Å². The fraction of sp³-hybridized carbons (Fsp3) is 0.545. The maximum atomic E-state index is 12.4. The van der Waals surface area contributed by atoms with Crippen LogP contribution in [0.4, 0.5) is 0 Å². The van der Waals surface area contributed by atoms with Crippen LogP contribution >= 0.6 is 0 Å². The summed E-state index contributed by atoms with van der Waals surface area (Å²) in [5.41, 5.74) is 2.95. The summed E-state index contributed by atoms with van der Waals surface area (Å²) >= 11 is 0. The average Bonchev–Trinajstić information content (AvgIpc) is 2.92. The first-order valence-corrected chi connectivity index (χ1v) is 10.0. The lowest BCUT2D eigenvalue weighted by Gasteiger charge is -2.28. The molecule has 26 heavy (non-hydrogen) atoms. The minimum atomic E-state index is -0.0825. The van der Waals surface area contributed by atoms with Crippen LogP contribution in [-0.4, -0.2) is 41.2 Å². The van der Waals surface area contributed by atoms with Gasteiger partial charge in [0.2, 0.25) is 11.8 Å². The Balaban J connectivity index is 1.18. The highest BCUT2D eigenvalue weighted by atomic mass is 16.2. The second-order valence-corrected chi connectivity index (χ2v) is 7.84. The zero-order chi connectivity index (χ0) is 17.9. The summed E-state index contributed by atoms with van der Waals surface area (Å²) in [7, 11) is 0. The largest absolute Gasteiger partial charge is 0.299 e. The molecule has 1 aliphatic carbocycles. The summed E-state index contributed by atoms with van der Waals surface area (Å²) in [6.45, 7) is 3.89. The molecule has 0 N–H and O–H groups in total. The molecule has 4 nitrogen and oxygen atoms in total. The van der Waals surface area contributed by atoms with E-state index in [-0.39, 0.29) is 23.7 Å². The van der Waals surface area contributed by atoms with Crippen LogP contribution in [-0.2, 0) is 22.6 Å². The Bertz CT molecular complexity index is 686. The number of rotatable bonds is 6. The predicted molar refractivity (Wildman–Crippen MR) is 101 cm³/mol. The van der Waals surface area contributed by atoms with E-state index in [1.54, 1.807) is 4.90 Å². The minimum absolute atomic E-state index is 0.0667. The fourth-order valence-electron chi connectivity index (χ4n) is 4.62. The van der Waals surface area contributed by atoms with Gasteiger partial charge in [0.15, 0.2) is 0 Å². The molecule has 2 aliphatic heterocycles. The zero-order valence-corrected chi connectivity index (χ0v) is 15.4. The van der Waals surface area contributed by atoms with Crippen molar-refractivity contribution in [1.29, 1.82) is 0 Å². The fourth-order valence-corrected chi connectivity index (χ4v) is 4.62. The van der Waals surface area contributed by atoms with Gasteiger partial charge in [0.05, 0.1) is 11.8 Å². The van der Waals surface area contributed by atoms with E-state index in [2.05, 4.69) is 29.2 Å². The maximum absolute atomic E-state index is 12.4. The summed E-state index contributed by atoms with van der Waals surface area (Å²) in [6.07, 6.45) is 9.84. The molecule has 0 bridgehead atoms. The van der Waals surface area contributed by atoms with Gasteiger partial charge in [-0.1, -0.05) is 42.8 Å². The number of hydrogen-bond acceptors (Lipinski definition) is 3. The highest BCUT2D eigenvalue weighted by Gasteiger charge is 2.46. The van der Waals surface area contributed by atoms with Crippen molar-refractivity contribution in [2.45, 2.75) is 45.1 Å². The monoisotopic (exact) mass is 352 g/mol. The number of amides is 2. The van der Waals surface area contributed by atoms with Gasteiger partial charge in [-0.05, 0) is 49.8 Å². The van der Waals surface area contributed by atoms with Crippen LogP contribution in [0.25, 0.3) is 0 Å². The first kappa shape index (κ1) is 17.5. The number of benzene rings is 1. The number of nitrogens with zero attached hydrogens (tertiary/aromatic N) is 2. The van der Waals surface area contributed by atoms with E-state index in [0.29, 0.717) is 6.54 Å². The number of hydrogen-bond donors (Lipinski definition) is 0. The summed E-state index contributed by atoms with van der Waals surface area (Å²) in [5.74, 6) is -0.0317. The Kier molecular flexibility index (Phi) is 5.21. The molecule has 2 amide bonds. The normalized spacial score (nSPS) is 25.5. The van der Waals surface area contributed by atoms with E-state index in [9.17, 15) is 9.59 Å². The molecule has 0 saturated carbocycles. The van der Waals surface area contributed by atoms with Crippen LogP contribution in [0.5, 0.6) is 0 Å². The molecular weight excluding hydrogens is 324 g/mol. The van der Waals surface area contributed by atoms with E-state index in [1.165, 1.54) is 11.1 Å². The smallest absolute Gasteiger partial charge is 0.233 e. The topological polar surface area (TPSA) is 40.6 Å². The van der Waals surface area contributed by atoms with Crippen molar-refractivity contribution in [3.8, 4) is 0 Å². The number of imide groups is 1. The van der Waals surface area contributed by atoms with Crippen LogP contribution in [0.1, 0.15) is 43.2 Å². The van der Waals surface area contributed by atoms with Crippen molar-refractivity contribution in [3.05, 3.63) is 47.5 Å². The van der Waals surface area contributed by atoms with Crippen LogP contribution < -0.4 is 0 Å². The lowest BCUT2D eigenvalue weighted by atomic mass is 9.85. The van der Waals surface area contributed by atoms with Crippen molar-refractivity contribution in [3.63, 3.8) is 0 Å². The molecule has 3 aliphatic rings. The van der Waals surface area contributed by atoms with E-state index in [0.717, 1.165) is 58.2 Å². The molecule has 2 atom stereocenters.